The van der Waals surface area contributed by atoms with Gasteiger partial charge in [-0.25, -0.2) is 14.8 Å². The number of hydrogen-bond donors (Lipinski definition) is 8. The number of nitrogen functional groups attached to an aromatic ring is 1. The predicted molar refractivity (Wildman–Crippen MR) is 426 cm³/mol. The first-order chi connectivity index (χ1) is 56.2. The lowest BCUT2D eigenvalue weighted by molar-refractivity contribution is -0.139. The SMILES string of the molecule is Nc1nc2ncc(CNc3ccc(C(=O)N[C@@H](CCC(=O)CCCCOCCOCCOCCCCC(=O)CCOCCOCCOCCOCCOCCOCCOCCOCCOCCOCCOCCOCCNC(=S)Nc4ccc(-c5c6ccc(=O)cc-6oc6cc(O)ccc56)c(OC=O)c4)C(=O)O)cc3)nc2c(=O)[nH]1. The van der Waals surface area contributed by atoms with Crippen LogP contribution in [0, 0.1) is 0 Å². The number of carboxylic acids is 1. The number of carbonyl (C=O) groups excluding carboxylic acids is 4. The number of carbonyl (C=O) groups is 5. The van der Waals surface area contributed by atoms with Crippen molar-refractivity contribution in [2.24, 2.45) is 0 Å². The summed E-state index contributed by atoms with van der Waals surface area (Å²) >= 11 is 5.47. The fraction of sp³-hybridized carbons (Fsp3) is 0.532. The van der Waals surface area contributed by atoms with Crippen LogP contribution in [-0.4, -0.2) is 276 Å². The van der Waals surface area contributed by atoms with Gasteiger partial charge in [-0.1, -0.05) is 0 Å². The van der Waals surface area contributed by atoms with Gasteiger partial charge in [-0.3, -0.25) is 33.8 Å². The van der Waals surface area contributed by atoms with Crippen molar-refractivity contribution in [1.82, 2.24) is 30.6 Å². The number of nitrogens with two attached hydrogens (primary N) is 1. The van der Waals surface area contributed by atoms with E-state index in [1.807, 2.05) is 0 Å². The highest BCUT2D eigenvalue weighted by atomic mass is 32.1. The largest absolute Gasteiger partial charge is 0.508 e. The van der Waals surface area contributed by atoms with Gasteiger partial charge < -0.3 is 117 Å². The first kappa shape index (κ1) is 93.0. The van der Waals surface area contributed by atoms with Gasteiger partial charge >= 0.3 is 5.97 Å². The Morgan fingerprint density at radius 1 is 0.539 bits per heavy atom. The summed E-state index contributed by atoms with van der Waals surface area (Å²) in [6.45, 7) is 13.7. The smallest absolute Gasteiger partial charge is 0.326 e. The van der Waals surface area contributed by atoms with Crippen LogP contribution < -0.4 is 42.7 Å². The molecule has 1 atom stereocenters. The number of thiocarbonyl (C=S) groups is 1. The van der Waals surface area contributed by atoms with Crippen LogP contribution in [0.3, 0.4) is 0 Å². The molecule has 0 bridgehead atoms. The molecule has 1 aliphatic heterocycles. The normalized spacial score (nSPS) is 11.7. The minimum absolute atomic E-state index is 0.000413. The number of carboxylic acid groups (broad SMARTS) is 1. The highest BCUT2D eigenvalue weighted by molar-refractivity contribution is 7.80. The van der Waals surface area contributed by atoms with Crippen molar-refractivity contribution < 1.29 is 114 Å². The number of nitrogens with one attached hydrogen (secondary N) is 5. The van der Waals surface area contributed by atoms with Gasteiger partial charge in [-0.05, 0) is 105 Å². The number of amides is 1. The van der Waals surface area contributed by atoms with E-state index in [4.69, 9.17) is 98.2 Å². The van der Waals surface area contributed by atoms with Crippen LogP contribution in [0.15, 0.2) is 99.1 Å². The molecule has 0 saturated heterocycles. The summed E-state index contributed by atoms with van der Waals surface area (Å²) in [6, 6.07) is 19.4. The number of hydrogen-bond acceptors (Lipinski definition) is 31. The minimum Gasteiger partial charge on any atom is -0.508 e. The number of ether oxygens (including phenoxy) is 16. The van der Waals surface area contributed by atoms with Crippen molar-refractivity contribution >= 4 is 86.7 Å². The van der Waals surface area contributed by atoms with Crippen molar-refractivity contribution in [3.05, 3.63) is 117 Å². The molecule has 35 nitrogen and oxygen atoms in total. The number of aromatic hydroxyl groups is 1. The average Bonchev–Trinajstić information content (AvgIpc) is 0.746. The van der Waals surface area contributed by atoms with Gasteiger partial charge in [0.1, 0.15) is 40.5 Å². The number of aromatic amines is 1. The van der Waals surface area contributed by atoms with E-state index in [0.29, 0.717) is 293 Å². The van der Waals surface area contributed by atoms with Crippen molar-refractivity contribution in [1.29, 1.82) is 0 Å². The molecule has 0 fully saturated rings. The molecule has 7 rings (SSSR count). The second-order valence-electron chi connectivity index (χ2n) is 25.4. The number of phenols is 1. The summed E-state index contributed by atoms with van der Waals surface area (Å²) in [5.74, 6) is -1.31. The quantitative estimate of drug-likeness (QED) is 0.00924. The fourth-order valence-corrected chi connectivity index (χ4v) is 11.1. The van der Waals surface area contributed by atoms with Crippen LogP contribution in [0.4, 0.5) is 17.3 Å². The first-order valence-electron chi connectivity index (χ1n) is 38.3. The van der Waals surface area contributed by atoms with E-state index in [9.17, 15) is 43.8 Å². The highest BCUT2D eigenvalue weighted by Gasteiger charge is 2.24. The Morgan fingerprint density at radius 3 is 1.55 bits per heavy atom. The maximum atomic E-state index is 12.9. The molecular weight excluding hydrogens is 1520 g/mol. The number of aromatic nitrogens is 4. The van der Waals surface area contributed by atoms with Crippen molar-refractivity contribution in [3.8, 4) is 33.9 Å². The molecule has 2 aliphatic rings. The van der Waals surface area contributed by atoms with Crippen LogP contribution in [0.5, 0.6) is 11.5 Å². The second kappa shape index (κ2) is 57.0. The van der Waals surface area contributed by atoms with Crippen molar-refractivity contribution in [2.75, 3.05) is 221 Å². The third-order valence-electron chi connectivity index (χ3n) is 16.7. The summed E-state index contributed by atoms with van der Waals surface area (Å²) in [4.78, 5) is 100. The number of Topliss-reactive ketones (excluding diaryl/α,β-unsaturated/α-hetero) is 2. The zero-order chi connectivity index (χ0) is 81.6. The van der Waals surface area contributed by atoms with Crippen LogP contribution in [0.2, 0.25) is 0 Å². The minimum atomic E-state index is -1.24. The van der Waals surface area contributed by atoms with Crippen LogP contribution in [0.25, 0.3) is 44.6 Å². The number of benzene rings is 4. The third-order valence-corrected chi connectivity index (χ3v) is 16.9. The van der Waals surface area contributed by atoms with E-state index in [1.54, 1.807) is 42.5 Å². The van der Waals surface area contributed by atoms with Gasteiger partial charge in [-0.2, -0.15) is 4.98 Å². The molecule has 0 unspecified atom stereocenters. The number of unbranched alkanes of at least 4 members (excludes halogenated alkanes) is 2. The molecule has 36 heteroatoms. The van der Waals surface area contributed by atoms with Crippen LogP contribution >= 0.6 is 12.2 Å². The second-order valence-corrected chi connectivity index (χ2v) is 25.8. The van der Waals surface area contributed by atoms with Gasteiger partial charge in [0.05, 0.1) is 203 Å². The standard InChI is InChI=1S/C79H107N9O26S/c80-78-87-74-73(76(95)88-78)84-60(55-83-74)54-82-58-9-7-57(8-10-58)75(94)86-68(77(96)97)18-14-61(90)5-1-3-21-98-25-29-102-30-26-99-22-4-2-6-62(91)19-23-100-27-31-103-33-35-105-37-39-107-41-43-109-45-47-111-49-50-112-48-46-110-44-42-108-40-38-106-36-34-104-32-28-101-24-20-81-79(115)85-59-11-15-65(69(51-59)113-56-89)72-66-16-12-63(92)52-70(66)114-71-53-64(93)13-17-67(71)72/h7-13,15-17,51-53,55-56,68,82,92H,1-6,14,18-50,54H2,(H,86,94)(H,96,97)(H2,81,85,115)(H3,80,83,87,88,95)/t68-/m0/s1. The number of H-pyrrole nitrogens is 1. The van der Waals surface area contributed by atoms with E-state index in [0.717, 1.165) is 12.8 Å². The molecule has 5 aromatic rings. The maximum absolute atomic E-state index is 12.9. The summed E-state index contributed by atoms with van der Waals surface area (Å²) in [5, 5.41) is 32.6. The van der Waals surface area contributed by atoms with Gasteiger partial charge in [0.15, 0.2) is 21.7 Å². The lowest BCUT2D eigenvalue weighted by Crippen LogP contribution is -2.41. The molecule has 115 heavy (non-hydrogen) atoms. The van der Waals surface area contributed by atoms with Gasteiger partial charge in [0.25, 0.3) is 17.9 Å². The molecule has 0 saturated carbocycles. The Kier molecular flexibility index (Phi) is 46.1. The van der Waals surface area contributed by atoms with E-state index in [2.05, 4.69) is 41.2 Å². The summed E-state index contributed by atoms with van der Waals surface area (Å²) in [5.41, 5.74) is 9.07. The molecule has 0 spiro atoms. The van der Waals surface area contributed by atoms with Crippen LogP contribution in [-0.2, 0) is 96.8 Å². The van der Waals surface area contributed by atoms with Crippen molar-refractivity contribution in [2.45, 2.75) is 70.4 Å². The Balaban J connectivity index is 0.517. The van der Waals surface area contributed by atoms with E-state index in [-0.39, 0.29) is 77.0 Å². The number of phenolic OH excluding ortho intramolecular Hbond substituents is 1. The Labute approximate surface area is 671 Å². The molecule has 9 N–H and O–H groups in total. The highest BCUT2D eigenvalue weighted by Crippen LogP contribution is 2.44. The Hall–Kier alpha value is -9.19. The molecule has 0 radical (unpaired) electrons. The lowest BCUT2D eigenvalue weighted by Gasteiger charge is -2.18. The van der Waals surface area contributed by atoms with Gasteiger partial charge in [-0.15, -0.1) is 0 Å². The van der Waals surface area contributed by atoms with E-state index in [1.165, 1.54) is 42.6 Å². The van der Waals surface area contributed by atoms with Gasteiger partial charge in [0, 0.05) is 103 Å². The number of ketones is 2. The van der Waals surface area contributed by atoms with Crippen LogP contribution in [0.1, 0.15) is 73.8 Å². The third kappa shape index (κ3) is 38.4. The predicted octanol–water partition coefficient (Wildman–Crippen LogP) is 6.09. The molecular formula is C79H107N9O26S. The van der Waals surface area contributed by atoms with Gasteiger partial charge in [0.2, 0.25) is 5.95 Å². The number of rotatable bonds is 68. The number of anilines is 3. The molecule has 1 amide bonds. The molecule has 1 aliphatic carbocycles. The number of fused-ring (bicyclic) bond motifs is 3. The lowest BCUT2D eigenvalue weighted by atomic mass is 9.93. The summed E-state index contributed by atoms with van der Waals surface area (Å²) in [7, 11) is 0. The molecule has 3 heterocycles. The topological polar surface area (TPSA) is 449 Å². The summed E-state index contributed by atoms with van der Waals surface area (Å²) in [6.07, 6.45) is 5.21. The average molecular weight is 1630 g/mol. The van der Waals surface area contributed by atoms with E-state index >= 15 is 0 Å². The Morgan fingerprint density at radius 2 is 1.03 bits per heavy atom. The maximum Gasteiger partial charge on any atom is 0.326 e. The van der Waals surface area contributed by atoms with E-state index < -0.39 is 23.5 Å². The fourth-order valence-electron chi connectivity index (χ4n) is 10.9. The number of aliphatic carboxylic acids is 1. The number of nitrogens with zero attached hydrogens (tertiary/aromatic N) is 3. The monoisotopic (exact) mass is 1630 g/mol. The first-order valence-corrected chi connectivity index (χ1v) is 38.7. The molecule has 3 aromatic carbocycles. The summed E-state index contributed by atoms with van der Waals surface area (Å²) < 4.78 is 94.8. The zero-order valence-electron chi connectivity index (χ0n) is 64.7. The van der Waals surface area contributed by atoms with Crippen molar-refractivity contribution in [3.63, 3.8) is 0 Å². The zero-order valence-corrected chi connectivity index (χ0v) is 65.6. The molecule has 630 valence electrons. The molecule has 2 aromatic heterocycles. The Bertz CT molecular complexity index is 4080.